The van der Waals surface area contributed by atoms with Gasteiger partial charge < -0.3 is 15.0 Å². The second kappa shape index (κ2) is 14.2. The Morgan fingerprint density at radius 3 is 2.29 bits per heavy atom. The predicted octanol–water partition coefficient (Wildman–Crippen LogP) is 5.83. The van der Waals surface area contributed by atoms with Crippen molar-refractivity contribution >= 4 is 43.5 Å². The molecule has 10 heteroatoms. The summed E-state index contributed by atoms with van der Waals surface area (Å²) < 4.78 is 35.0. The van der Waals surface area contributed by atoms with Gasteiger partial charge in [-0.25, -0.2) is 8.42 Å². The highest BCUT2D eigenvalue weighted by molar-refractivity contribution is 9.10. The normalized spacial score (nSPS) is 14.6. The molecule has 1 unspecified atom stereocenters. The fraction of sp³-hybridized carbons (Fsp3) is 0.375. The maximum atomic E-state index is 14.1. The van der Waals surface area contributed by atoms with Gasteiger partial charge in [-0.2, -0.15) is 0 Å². The van der Waals surface area contributed by atoms with E-state index in [1.807, 2.05) is 37.3 Å². The minimum absolute atomic E-state index is 0.00116. The number of aryl methyl sites for hydroxylation is 1. The number of ether oxygens (including phenoxy) is 1. The minimum atomic E-state index is -4.18. The summed E-state index contributed by atoms with van der Waals surface area (Å²) in [5.41, 5.74) is 2.14. The quantitative estimate of drug-likeness (QED) is 0.281. The molecule has 0 aromatic heterocycles. The summed E-state index contributed by atoms with van der Waals surface area (Å²) in [6.45, 7) is 3.28. The molecule has 0 radical (unpaired) electrons. The van der Waals surface area contributed by atoms with Crippen LogP contribution in [0.1, 0.15) is 50.2 Å². The number of amides is 2. The SMILES string of the molecule is COc1ccc(S(=O)(=O)N(CC(=O)N(Cc2ccccc2)C(C)C(=O)NC2CCCCC2)c2ccc(C)cc2)cc1Br. The van der Waals surface area contributed by atoms with Gasteiger partial charge in [0.15, 0.2) is 0 Å². The average Bonchev–Trinajstić information content (AvgIpc) is 2.99. The first kappa shape index (κ1) is 31.6. The van der Waals surface area contributed by atoms with Gasteiger partial charge in [0.25, 0.3) is 10.0 Å². The summed E-state index contributed by atoms with van der Waals surface area (Å²) in [6, 6.07) is 20.1. The number of rotatable bonds is 11. The lowest BCUT2D eigenvalue weighted by Gasteiger charge is -2.33. The van der Waals surface area contributed by atoms with Gasteiger partial charge >= 0.3 is 0 Å². The largest absolute Gasteiger partial charge is 0.496 e. The van der Waals surface area contributed by atoms with Crippen LogP contribution in [0, 0.1) is 6.92 Å². The second-order valence-corrected chi connectivity index (χ2v) is 13.4. The zero-order chi connectivity index (χ0) is 30.3. The Hall–Kier alpha value is -3.37. The predicted molar refractivity (Wildman–Crippen MR) is 168 cm³/mol. The van der Waals surface area contributed by atoms with Crippen LogP contribution in [0.15, 0.2) is 82.2 Å². The van der Waals surface area contributed by atoms with E-state index in [2.05, 4.69) is 21.2 Å². The van der Waals surface area contributed by atoms with Crippen molar-refractivity contribution in [3.8, 4) is 5.75 Å². The average molecular weight is 657 g/mol. The van der Waals surface area contributed by atoms with E-state index in [1.54, 1.807) is 37.3 Å². The lowest BCUT2D eigenvalue weighted by atomic mass is 9.95. The standard InChI is InChI=1S/C32H38BrN3O5S/c1-23-14-16-27(17-15-23)36(42(39,40)28-18-19-30(41-3)29(33)20-28)22-31(37)35(21-25-10-6-4-7-11-25)24(2)32(38)34-26-12-8-5-9-13-26/h4,6-7,10-11,14-20,24,26H,5,8-9,12-13,21-22H2,1-3H3,(H,34,38). The van der Waals surface area contributed by atoms with Crippen molar-refractivity contribution in [2.24, 2.45) is 0 Å². The number of sulfonamides is 1. The molecule has 0 bridgehead atoms. The van der Waals surface area contributed by atoms with E-state index in [4.69, 9.17) is 4.74 Å². The molecule has 1 saturated carbocycles. The Balaban J connectivity index is 1.68. The number of benzene rings is 3. The highest BCUT2D eigenvalue weighted by Gasteiger charge is 2.33. The molecular formula is C32H38BrN3O5S. The van der Waals surface area contributed by atoms with E-state index in [0.717, 1.165) is 47.5 Å². The third kappa shape index (κ3) is 7.72. The molecule has 1 fully saturated rings. The first-order valence-corrected chi connectivity index (χ1v) is 16.4. The van der Waals surface area contributed by atoms with Gasteiger partial charge in [-0.3, -0.25) is 13.9 Å². The van der Waals surface area contributed by atoms with Crippen molar-refractivity contribution in [3.05, 3.63) is 88.4 Å². The fourth-order valence-electron chi connectivity index (χ4n) is 5.11. The molecule has 1 aliphatic carbocycles. The Labute approximate surface area is 257 Å². The summed E-state index contributed by atoms with van der Waals surface area (Å²) >= 11 is 3.37. The first-order chi connectivity index (χ1) is 20.1. The highest BCUT2D eigenvalue weighted by atomic mass is 79.9. The monoisotopic (exact) mass is 655 g/mol. The lowest BCUT2D eigenvalue weighted by molar-refractivity contribution is -0.139. The van der Waals surface area contributed by atoms with E-state index in [9.17, 15) is 18.0 Å². The molecule has 8 nitrogen and oxygen atoms in total. The van der Waals surface area contributed by atoms with Gasteiger partial charge in [0.05, 0.1) is 22.2 Å². The number of nitrogens with one attached hydrogen (secondary N) is 1. The number of hydrogen-bond donors (Lipinski definition) is 1. The van der Waals surface area contributed by atoms with Gasteiger partial charge in [0, 0.05) is 12.6 Å². The van der Waals surface area contributed by atoms with Gasteiger partial charge in [-0.15, -0.1) is 0 Å². The molecule has 1 atom stereocenters. The number of halogens is 1. The highest BCUT2D eigenvalue weighted by Crippen LogP contribution is 2.31. The smallest absolute Gasteiger partial charge is 0.264 e. The summed E-state index contributed by atoms with van der Waals surface area (Å²) in [5, 5.41) is 3.12. The van der Waals surface area contributed by atoms with Crippen LogP contribution in [-0.2, 0) is 26.2 Å². The zero-order valence-corrected chi connectivity index (χ0v) is 26.7. The molecule has 3 aromatic rings. The molecular weight excluding hydrogens is 618 g/mol. The van der Waals surface area contributed by atoms with Crippen LogP contribution in [0.4, 0.5) is 5.69 Å². The van der Waals surface area contributed by atoms with Gasteiger partial charge in [-0.1, -0.05) is 67.3 Å². The lowest BCUT2D eigenvalue weighted by Crippen LogP contribution is -2.53. The van der Waals surface area contributed by atoms with Crippen LogP contribution in [-0.4, -0.2) is 50.9 Å². The molecule has 0 aliphatic heterocycles. The van der Waals surface area contributed by atoms with E-state index in [0.29, 0.717) is 15.9 Å². The Morgan fingerprint density at radius 2 is 1.67 bits per heavy atom. The molecule has 4 rings (SSSR count). The van der Waals surface area contributed by atoms with Crippen molar-refractivity contribution in [1.29, 1.82) is 0 Å². The maximum Gasteiger partial charge on any atom is 0.264 e. The summed E-state index contributed by atoms with van der Waals surface area (Å²) in [6.07, 6.45) is 5.13. The van der Waals surface area contributed by atoms with Crippen molar-refractivity contribution in [3.63, 3.8) is 0 Å². The maximum absolute atomic E-state index is 14.1. The molecule has 0 spiro atoms. The number of hydrogen-bond acceptors (Lipinski definition) is 5. The van der Waals surface area contributed by atoms with Crippen LogP contribution >= 0.6 is 15.9 Å². The number of carbonyl (C=O) groups excluding carboxylic acids is 2. The molecule has 1 N–H and O–H groups in total. The van der Waals surface area contributed by atoms with Crippen LogP contribution < -0.4 is 14.4 Å². The Morgan fingerprint density at radius 1 is 1.00 bits per heavy atom. The van der Waals surface area contributed by atoms with E-state index in [-0.39, 0.29) is 23.4 Å². The second-order valence-electron chi connectivity index (χ2n) is 10.7. The molecule has 224 valence electrons. The van der Waals surface area contributed by atoms with E-state index in [1.165, 1.54) is 24.1 Å². The summed E-state index contributed by atoms with van der Waals surface area (Å²) in [4.78, 5) is 29.0. The minimum Gasteiger partial charge on any atom is -0.496 e. The number of carbonyl (C=O) groups is 2. The van der Waals surface area contributed by atoms with Crippen molar-refractivity contribution < 1.29 is 22.7 Å². The van der Waals surface area contributed by atoms with Crippen molar-refractivity contribution in [2.45, 2.75) is 69.5 Å². The zero-order valence-electron chi connectivity index (χ0n) is 24.3. The third-order valence-electron chi connectivity index (χ3n) is 7.63. The Bertz CT molecular complexity index is 1480. The van der Waals surface area contributed by atoms with Gasteiger partial charge in [0.2, 0.25) is 11.8 Å². The van der Waals surface area contributed by atoms with Crippen LogP contribution in [0.2, 0.25) is 0 Å². The Kier molecular flexibility index (Phi) is 10.7. The molecule has 0 saturated heterocycles. The summed E-state index contributed by atoms with van der Waals surface area (Å²) in [7, 11) is -2.69. The first-order valence-electron chi connectivity index (χ1n) is 14.2. The third-order valence-corrected chi connectivity index (χ3v) is 10.0. The van der Waals surface area contributed by atoms with Crippen LogP contribution in [0.5, 0.6) is 5.75 Å². The number of nitrogens with zero attached hydrogens (tertiary/aromatic N) is 2. The van der Waals surface area contributed by atoms with Gasteiger partial charge in [-0.05, 0) is 78.5 Å². The molecule has 2 amide bonds. The molecule has 3 aromatic carbocycles. The van der Waals surface area contributed by atoms with Crippen molar-refractivity contribution in [2.75, 3.05) is 18.0 Å². The van der Waals surface area contributed by atoms with Crippen molar-refractivity contribution in [1.82, 2.24) is 10.2 Å². The topological polar surface area (TPSA) is 96.0 Å². The van der Waals surface area contributed by atoms with Crippen LogP contribution in [0.3, 0.4) is 0 Å². The number of methoxy groups -OCH3 is 1. The van der Waals surface area contributed by atoms with E-state index >= 15 is 0 Å². The number of anilines is 1. The molecule has 1 aliphatic rings. The van der Waals surface area contributed by atoms with Crippen LogP contribution in [0.25, 0.3) is 0 Å². The summed E-state index contributed by atoms with van der Waals surface area (Å²) in [5.74, 6) is -0.240. The fourth-order valence-corrected chi connectivity index (χ4v) is 7.24. The molecule has 0 heterocycles. The van der Waals surface area contributed by atoms with Gasteiger partial charge in [0.1, 0.15) is 18.3 Å². The molecule has 42 heavy (non-hydrogen) atoms. The van der Waals surface area contributed by atoms with E-state index < -0.39 is 28.5 Å².